The van der Waals surface area contributed by atoms with Gasteiger partial charge in [-0.25, -0.2) is 4.79 Å². The van der Waals surface area contributed by atoms with Gasteiger partial charge in [0.2, 0.25) is 0 Å². The number of aliphatic carboxylic acids is 1. The van der Waals surface area contributed by atoms with Crippen LogP contribution in [0.3, 0.4) is 0 Å². The van der Waals surface area contributed by atoms with Gasteiger partial charge in [-0.15, -0.1) is 11.8 Å². The van der Waals surface area contributed by atoms with Crippen molar-refractivity contribution in [2.75, 3.05) is 20.0 Å². The molecule has 0 aliphatic carbocycles. The number of hydrogen-bond donors (Lipinski definition) is 1. The fourth-order valence-corrected chi connectivity index (χ4v) is 3.62. The molecule has 0 amide bonds. The molecule has 1 aromatic carbocycles. The first kappa shape index (κ1) is 15.7. The molecule has 0 saturated carbocycles. The Morgan fingerprint density at radius 2 is 2.10 bits per heavy atom. The standard InChI is InChI=1S/C15H19NO4S/c1-9(2)15(14(17)18)8-21-13(16-15)11-6-5-10(19-3)7-12(11)20-4/h5-7,9H,8H2,1-4H3,(H,17,18). The zero-order valence-electron chi connectivity index (χ0n) is 12.5. The highest BCUT2D eigenvalue weighted by molar-refractivity contribution is 8.14. The average Bonchev–Trinajstić information content (AvgIpc) is 2.93. The molecule has 1 atom stereocenters. The molecule has 0 fully saturated rings. The van der Waals surface area contributed by atoms with E-state index in [2.05, 4.69) is 4.99 Å². The summed E-state index contributed by atoms with van der Waals surface area (Å²) in [5.41, 5.74) is -0.266. The summed E-state index contributed by atoms with van der Waals surface area (Å²) in [6.07, 6.45) is 0. The van der Waals surface area contributed by atoms with Crippen LogP contribution >= 0.6 is 11.8 Å². The maximum Gasteiger partial charge on any atom is 0.332 e. The first-order chi connectivity index (χ1) is 9.94. The first-order valence-electron chi connectivity index (χ1n) is 6.63. The summed E-state index contributed by atoms with van der Waals surface area (Å²) >= 11 is 1.45. The smallest absolute Gasteiger partial charge is 0.332 e. The third-order valence-electron chi connectivity index (χ3n) is 3.69. The normalized spacial score (nSPS) is 21.3. The van der Waals surface area contributed by atoms with Gasteiger partial charge in [0.25, 0.3) is 0 Å². The molecule has 1 aliphatic heterocycles. The topological polar surface area (TPSA) is 68.1 Å². The Hall–Kier alpha value is -1.69. The lowest BCUT2D eigenvalue weighted by Crippen LogP contribution is -2.42. The van der Waals surface area contributed by atoms with Crippen LogP contribution in [-0.4, -0.2) is 41.6 Å². The molecule has 1 unspecified atom stereocenters. The van der Waals surface area contributed by atoms with Crippen molar-refractivity contribution >= 4 is 22.8 Å². The van der Waals surface area contributed by atoms with Crippen molar-refractivity contribution in [1.82, 2.24) is 0 Å². The van der Waals surface area contributed by atoms with E-state index in [0.29, 0.717) is 22.3 Å². The van der Waals surface area contributed by atoms with Crippen molar-refractivity contribution in [3.05, 3.63) is 23.8 Å². The molecule has 1 N–H and O–H groups in total. The van der Waals surface area contributed by atoms with Crippen LogP contribution < -0.4 is 9.47 Å². The second-order valence-electron chi connectivity index (χ2n) is 5.16. The fraction of sp³-hybridized carbons (Fsp3) is 0.467. The molecule has 2 rings (SSSR count). The second-order valence-corrected chi connectivity index (χ2v) is 6.12. The highest BCUT2D eigenvalue weighted by Crippen LogP contribution is 2.39. The molecule has 21 heavy (non-hydrogen) atoms. The first-order valence-corrected chi connectivity index (χ1v) is 7.61. The van der Waals surface area contributed by atoms with Crippen LogP contribution in [0.25, 0.3) is 0 Å². The molecule has 0 radical (unpaired) electrons. The van der Waals surface area contributed by atoms with E-state index in [1.807, 2.05) is 26.0 Å². The largest absolute Gasteiger partial charge is 0.497 e. The summed E-state index contributed by atoms with van der Waals surface area (Å²) in [4.78, 5) is 16.1. The third kappa shape index (κ3) is 2.72. The number of nitrogens with zero attached hydrogens (tertiary/aromatic N) is 1. The van der Waals surface area contributed by atoms with E-state index in [9.17, 15) is 9.90 Å². The number of ether oxygens (including phenoxy) is 2. The third-order valence-corrected chi connectivity index (χ3v) is 4.86. The van der Waals surface area contributed by atoms with Crippen molar-refractivity contribution in [1.29, 1.82) is 0 Å². The highest BCUT2D eigenvalue weighted by atomic mass is 32.2. The van der Waals surface area contributed by atoms with Crippen molar-refractivity contribution in [2.45, 2.75) is 19.4 Å². The molecule has 0 spiro atoms. The predicted octanol–water partition coefficient (Wildman–Crippen LogP) is 2.68. The van der Waals surface area contributed by atoms with Crippen molar-refractivity contribution in [2.24, 2.45) is 10.9 Å². The van der Waals surface area contributed by atoms with Crippen LogP contribution in [0.5, 0.6) is 11.5 Å². The number of rotatable bonds is 5. The Labute approximate surface area is 128 Å². The average molecular weight is 309 g/mol. The van der Waals surface area contributed by atoms with Gasteiger partial charge < -0.3 is 14.6 Å². The zero-order valence-corrected chi connectivity index (χ0v) is 13.4. The molecular weight excluding hydrogens is 290 g/mol. The van der Waals surface area contributed by atoms with E-state index in [-0.39, 0.29) is 5.92 Å². The van der Waals surface area contributed by atoms with Gasteiger partial charge in [0.1, 0.15) is 16.5 Å². The maximum absolute atomic E-state index is 11.6. The molecule has 0 aromatic heterocycles. The van der Waals surface area contributed by atoms with Crippen LogP contribution in [0.4, 0.5) is 0 Å². The molecule has 6 heteroatoms. The van der Waals surface area contributed by atoms with Gasteiger partial charge in [-0.2, -0.15) is 0 Å². The lowest BCUT2D eigenvalue weighted by Gasteiger charge is -2.24. The van der Waals surface area contributed by atoms with Gasteiger partial charge in [-0.05, 0) is 18.1 Å². The van der Waals surface area contributed by atoms with E-state index in [4.69, 9.17) is 9.47 Å². The zero-order chi connectivity index (χ0) is 15.6. The molecule has 114 valence electrons. The summed E-state index contributed by atoms with van der Waals surface area (Å²) in [6.45, 7) is 3.76. The van der Waals surface area contributed by atoms with Gasteiger partial charge in [-0.1, -0.05) is 13.8 Å². The van der Waals surface area contributed by atoms with E-state index < -0.39 is 11.5 Å². The number of benzene rings is 1. The van der Waals surface area contributed by atoms with Crippen LogP contribution in [0.1, 0.15) is 19.4 Å². The maximum atomic E-state index is 11.6. The fourth-order valence-electron chi connectivity index (χ4n) is 2.19. The van der Waals surface area contributed by atoms with Gasteiger partial charge in [-0.3, -0.25) is 4.99 Å². The number of carboxylic acids is 1. The Bertz CT molecular complexity index is 585. The Morgan fingerprint density at radius 3 is 2.57 bits per heavy atom. The number of hydrogen-bond acceptors (Lipinski definition) is 5. The Morgan fingerprint density at radius 1 is 1.38 bits per heavy atom. The Balaban J connectivity index is 2.46. The summed E-state index contributed by atoms with van der Waals surface area (Å²) in [7, 11) is 3.16. The van der Waals surface area contributed by atoms with Gasteiger partial charge in [0.15, 0.2) is 5.54 Å². The summed E-state index contributed by atoms with van der Waals surface area (Å²) < 4.78 is 10.5. The summed E-state index contributed by atoms with van der Waals surface area (Å²) in [5.74, 6) is 0.791. The van der Waals surface area contributed by atoms with Crippen molar-refractivity contribution in [3.63, 3.8) is 0 Å². The van der Waals surface area contributed by atoms with Crippen LogP contribution in [0, 0.1) is 5.92 Å². The predicted molar refractivity (Wildman–Crippen MR) is 83.7 cm³/mol. The molecule has 1 heterocycles. The number of carboxylic acid groups (broad SMARTS) is 1. The minimum Gasteiger partial charge on any atom is -0.497 e. The lowest BCUT2D eigenvalue weighted by atomic mass is 9.89. The SMILES string of the molecule is COc1ccc(C2=NC(C(=O)O)(C(C)C)CS2)c(OC)c1. The second kappa shape index (κ2) is 5.97. The highest BCUT2D eigenvalue weighted by Gasteiger charge is 2.46. The summed E-state index contributed by atoms with van der Waals surface area (Å²) in [6, 6.07) is 5.44. The minimum atomic E-state index is -1.06. The number of aliphatic imine (C=N–C) groups is 1. The van der Waals surface area contributed by atoms with E-state index in [1.54, 1.807) is 20.3 Å². The molecule has 0 bridgehead atoms. The van der Waals surface area contributed by atoms with E-state index >= 15 is 0 Å². The van der Waals surface area contributed by atoms with Crippen LogP contribution in [-0.2, 0) is 4.79 Å². The van der Waals surface area contributed by atoms with E-state index in [0.717, 1.165) is 5.56 Å². The molecular formula is C15H19NO4S. The van der Waals surface area contributed by atoms with Gasteiger partial charge in [0, 0.05) is 17.4 Å². The lowest BCUT2D eigenvalue weighted by molar-refractivity contribution is -0.143. The van der Waals surface area contributed by atoms with Gasteiger partial charge >= 0.3 is 5.97 Å². The molecule has 1 aliphatic rings. The molecule has 5 nitrogen and oxygen atoms in total. The number of thioether (sulfide) groups is 1. The quantitative estimate of drug-likeness (QED) is 0.905. The molecule has 0 saturated heterocycles. The van der Waals surface area contributed by atoms with Crippen LogP contribution in [0.2, 0.25) is 0 Å². The monoisotopic (exact) mass is 309 g/mol. The Kier molecular flexibility index (Phi) is 4.46. The van der Waals surface area contributed by atoms with E-state index in [1.165, 1.54) is 11.8 Å². The van der Waals surface area contributed by atoms with Crippen LogP contribution in [0.15, 0.2) is 23.2 Å². The van der Waals surface area contributed by atoms with Crippen molar-refractivity contribution < 1.29 is 19.4 Å². The molecule has 1 aromatic rings. The minimum absolute atomic E-state index is 0.0794. The summed E-state index contributed by atoms with van der Waals surface area (Å²) in [5, 5.41) is 10.2. The van der Waals surface area contributed by atoms with Gasteiger partial charge in [0.05, 0.1) is 14.2 Å². The van der Waals surface area contributed by atoms with Crippen molar-refractivity contribution in [3.8, 4) is 11.5 Å². The number of methoxy groups -OCH3 is 2. The number of carbonyl (C=O) groups is 1.